The molecule has 3 aromatic rings. The summed E-state index contributed by atoms with van der Waals surface area (Å²) in [6.07, 6.45) is 1.40. The number of nitrogens with zero attached hydrogens (tertiary/aromatic N) is 3. The highest BCUT2D eigenvalue weighted by Gasteiger charge is 2.25. The maximum Gasteiger partial charge on any atom is 0.313 e. The number of pyridine rings is 1. The van der Waals surface area contributed by atoms with Crippen LogP contribution in [0.3, 0.4) is 0 Å². The molecule has 0 fully saturated rings. The Balaban J connectivity index is 1.82. The number of rotatable bonds is 7. The van der Waals surface area contributed by atoms with Gasteiger partial charge < -0.3 is 19.3 Å². The second kappa shape index (κ2) is 9.59. The molecule has 32 heavy (non-hydrogen) atoms. The molecule has 0 saturated heterocycles. The Morgan fingerprint density at radius 2 is 1.78 bits per heavy atom. The molecule has 9 heteroatoms. The van der Waals surface area contributed by atoms with E-state index >= 15 is 0 Å². The number of nitrogens with one attached hydrogen (secondary N) is 1. The van der Waals surface area contributed by atoms with Crippen molar-refractivity contribution in [2.24, 2.45) is 5.92 Å². The van der Waals surface area contributed by atoms with Gasteiger partial charge in [0.25, 0.3) is 5.91 Å². The quantitative estimate of drug-likeness (QED) is 0.554. The fraction of sp³-hybridized carbons (Fsp3) is 0.348. The molecule has 1 aromatic carbocycles. The van der Waals surface area contributed by atoms with Crippen molar-refractivity contribution in [2.45, 2.75) is 40.7 Å². The topological polar surface area (TPSA) is 116 Å². The van der Waals surface area contributed by atoms with E-state index in [1.807, 2.05) is 26.0 Å². The van der Waals surface area contributed by atoms with E-state index in [2.05, 4.69) is 26.5 Å². The lowest BCUT2D eigenvalue weighted by Gasteiger charge is -2.15. The second-order valence-electron chi connectivity index (χ2n) is 7.79. The molecule has 0 aliphatic carbocycles. The van der Waals surface area contributed by atoms with Gasteiger partial charge in [-0.3, -0.25) is 9.59 Å². The Kier molecular flexibility index (Phi) is 6.87. The summed E-state index contributed by atoms with van der Waals surface area (Å²) >= 11 is 0. The Bertz CT molecular complexity index is 1120. The van der Waals surface area contributed by atoms with Gasteiger partial charge in [0, 0.05) is 17.8 Å². The van der Waals surface area contributed by atoms with E-state index in [1.165, 1.54) is 19.4 Å². The summed E-state index contributed by atoms with van der Waals surface area (Å²) in [6.45, 7) is 9.07. The van der Waals surface area contributed by atoms with Crippen molar-refractivity contribution in [3.63, 3.8) is 0 Å². The molecule has 0 aliphatic heterocycles. The van der Waals surface area contributed by atoms with Gasteiger partial charge in [-0.05, 0) is 32.9 Å². The fourth-order valence-electron chi connectivity index (χ4n) is 3.03. The third-order valence-electron chi connectivity index (χ3n) is 4.62. The van der Waals surface area contributed by atoms with Crippen molar-refractivity contribution in [3.05, 3.63) is 53.2 Å². The maximum atomic E-state index is 12.9. The summed E-state index contributed by atoms with van der Waals surface area (Å²) in [4.78, 5) is 33.5. The minimum atomic E-state index is -0.615. The summed E-state index contributed by atoms with van der Waals surface area (Å²) < 4.78 is 16.0. The largest absolute Gasteiger partial charge is 0.493 e. The number of aromatic nitrogens is 3. The van der Waals surface area contributed by atoms with E-state index in [9.17, 15) is 9.59 Å². The van der Waals surface area contributed by atoms with E-state index in [0.717, 1.165) is 16.7 Å². The monoisotopic (exact) mass is 438 g/mol. The zero-order chi connectivity index (χ0) is 23.4. The second-order valence-corrected chi connectivity index (χ2v) is 7.79. The Morgan fingerprint density at radius 1 is 1.09 bits per heavy atom. The molecule has 9 nitrogen and oxygen atoms in total. The van der Waals surface area contributed by atoms with Gasteiger partial charge >= 0.3 is 5.97 Å². The van der Waals surface area contributed by atoms with Crippen LogP contribution < -0.4 is 14.8 Å². The zero-order valence-corrected chi connectivity index (χ0v) is 18.9. The Labute approximate surface area is 186 Å². The molecule has 1 atom stereocenters. The molecular formula is C23H26N4O5. The van der Waals surface area contributed by atoms with Crippen molar-refractivity contribution in [3.8, 4) is 22.9 Å². The smallest absolute Gasteiger partial charge is 0.313 e. The van der Waals surface area contributed by atoms with Gasteiger partial charge in [0.2, 0.25) is 17.5 Å². The molecule has 0 radical (unpaired) electrons. The van der Waals surface area contributed by atoms with Crippen LogP contribution >= 0.6 is 0 Å². The number of methoxy groups -OCH3 is 1. The van der Waals surface area contributed by atoms with Gasteiger partial charge in [-0.1, -0.05) is 36.2 Å². The third kappa shape index (κ3) is 5.11. The lowest BCUT2D eigenvalue weighted by atomic mass is 10.1. The molecule has 2 aromatic heterocycles. The van der Waals surface area contributed by atoms with Crippen LogP contribution in [0.4, 0.5) is 0 Å². The molecule has 168 valence electrons. The molecule has 3 rings (SSSR count). The van der Waals surface area contributed by atoms with Crippen LogP contribution in [-0.2, 0) is 4.79 Å². The first-order chi connectivity index (χ1) is 15.2. The van der Waals surface area contributed by atoms with Crippen LogP contribution in [0, 0.1) is 19.8 Å². The maximum absolute atomic E-state index is 12.9. The van der Waals surface area contributed by atoms with Gasteiger partial charge in [-0.25, -0.2) is 4.98 Å². The minimum Gasteiger partial charge on any atom is -0.493 e. The summed E-state index contributed by atoms with van der Waals surface area (Å²) in [7, 11) is 1.42. The molecule has 2 heterocycles. The SMILES string of the molecule is COc1ccnc(C(=O)N[C@@H](C)c2nc(-c3cc(C)cc(C)c3)no2)c1OC(=O)C(C)C. The lowest BCUT2D eigenvalue weighted by Crippen LogP contribution is -2.29. The highest BCUT2D eigenvalue weighted by Crippen LogP contribution is 2.31. The van der Waals surface area contributed by atoms with Gasteiger partial charge in [-0.2, -0.15) is 4.98 Å². The van der Waals surface area contributed by atoms with E-state index in [-0.39, 0.29) is 23.1 Å². The third-order valence-corrected chi connectivity index (χ3v) is 4.62. The van der Waals surface area contributed by atoms with E-state index in [0.29, 0.717) is 5.82 Å². The van der Waals surface area contributed by atoms with Crippen molar-refractivity contribution >= 4 is 11.9 Å². The predicted molar refractivity (Wildman–Crippen MR) is 116 cm³/mol. The van der Waals surface area contributed by atoms with Crippen LogP contribution in [0.2, 0.25) is 0 Å². The van der Waals surface area contributed by atoms with Crippen molar-refractivity contribution in [1.29, 1.82) is 0 Å². The minimum absolute atomic E-state index is 0.0418. The first-order valence-corrected chi connectivity index (χ1v) is 10.2. The fourth-order valence-corrected chi connectivity index (χ4v) is 3.03. The van der Waals surface area contributed by atoms with Gasteiger partial charge in [0.1, 0.15) is 6.04 Å². The van der Waals surface area contributed by atoms with E-state index in [4.69, 9.17) is 14.0 Å². The number of ether oxygens (including phenoxy) is 2. The molecule has 0 spiro atoms. The standard InChI is InChI=1S/C23H26N4O5/c1-12(2)23(29)31-19-17(30-6)7-8-24-18(19)21(28)25-15(5)22-26-20(27-32-22)16-10-13(3)9-14(4)11-16/h7-12,15H,1-6H3,(H,25,28)/t15-/m0/s1. The van der Waals surface area contributed by atoms with E-state index < -0.39 is 23.8 Å². The summed E-state index contributed by atoms with van der Waals surface area (Å²) in [5, 5.41) is 6.78. The Hall–Kier alpha value is -3.75. The van der Waals surface area contributed by atoms with Crippen LogP contribution in [0.15, 0.2) is 35.0 Å². The van der Waals surface area contributed by atoms with E-state index in [1.54, 1.807) is 20.8 Å². The number of amides is 1. The number of esters is 1. The number of aryl methyl sites for hydroxylation is 2. The first-order valence-electron chi connectivity index (χ1n) is 10.2. The van der Waals surface area contributed by atoms with Gasteiger partial charge in [0.15, 0.2) is 11.4 Å². The molecule has 0 unspecified atom stereocenters. The van der Waals surface area contributed by atoms with Gasteiger partial charge in [0.05, 0.1) is 13.0 Å². The van der Waals surface area contributed by atoms with Crippen LogP contribution in [0.25, 0.3) is 11.4 Å². The molecule has 1 N–H and O–H groups in total. The van der Waals surface area contributed by atoms with Crippen molar-refractivity contribution in [2.75, 3.05) is 7.11 Å². The van der Waals surface area contributed by atoms with Crippen molar-refractivity contribution in [1.82, 2.24) is 20.4 Å². The van der Waals surface area contributed by atoms with Crippen LogP contribution in [0.5, 0.6) is 11.5 Å². The summed E-state index contributed by atoms with van der Waals surface area (Å²) in [6, 6.07) is 6.87. The molecule has 0 saturated carbocycles. The summed E-state index contributed by atoms with van der Waals surface area (Å²) in [5.74, 6) is -0.629. The summed E-state index contributed by atoms with van der Waals surface area (Å²) in [5.41, 5.74) is 2.91. The number of hydrogen-bond acceptors (Lipinski definition) is 8. The van der Waals surface area contributed by atoms with Crippen LogP contribution in [0.1, 0.15) is 54.3 Å². The highest BCUT2D eigenvalue weighted by atomic mass is 16.6. The molecule has 0 bridgehead atoms. The zero-order valence-electron chi connectivity index (χ0n) is 18.9. The number of benzene rings is 1. The molecule has 1 amide bonds. The average molecular weight is 438 g/mol. The predicted octanol–water partition coefficient (Wildman–Crippen LogP) is 3.81. The first kappa shape index (κ1) is 22.9. The van der Waals surface area contributed by atoms with Gasteiger partial charge in [-0.15, -0.1) is 0 Å². The number of hydrogen-bond donors (Lipinski definition) is 1. The Morgan fingerprint density at radius 3 is 2.41 bits per heavy atom. The average Bonchev–Trinajstić information content (AvgIpc) is 3.23. The molecular weight excluding hydrogens is 412 g/mol. The highest BCUT2D eigenvalue weighted by molar-refractivity contribution is 5.96. The van der Waals surface area contributed by atoms with Crippen LogP contribution in [-0.4, -0.2) is 34.1 Å². The molecule has 0 aliphatic rings. The van der Waals surface area contributed by atoms with Crippen molar-refractivity contribution < 1.29 is 23.6 Å². The number of carbonyl (C=O) groups excluding carboxylic acids is 2. The normalized spacial score (nSPS) is 11.8. The lowest BCUT2D eigenvalue weighted by molar-refractivity contribution is -0.137. The number of carbonyl (C=O) groups is 2.